The predicted molar refractivity (Wildman–Crippen MR) is 125 cm³/mol. The summed E-state index contributed by atoms with van der Waals surface area (Å²) in [5, 5.41) is 3.94. The number of aromatic nitrogens is 4. The van der Waals surface area contributed by atoms with Gasteiger partial charge in [0.2, 0.25) is 11.8 Å². The van der Waals surface area contributed by atoms with Gasteiger partial charge in [0, 0.05) is 46.8 Å². The quantitative estimate of drug-likeness (QED) is 0.215. The molecule has 0 fully saturated rings. The Hall–Kier alpha value is -4.87. The summed E-state index contributed by atoms with van der Waals surface area (Å²) >= 11 is 0. The van der Waals surface area contributed by atoms with E-state index in [0.29, 0.717) is 0 Å². The second-order valence-corrected chi connectivity index (χ2v) is 7.50. The molecule has 0 atom stereocenters. The highest BCUT2D eigenvalue weighted by molar-refractivity contribution is 6.38. The fourth-order valence-corrected chi connectivity index (χ4v) is 3.45. The molecular formula is C25H15BF4N4O3. The Morgan fingerprint density at radius 2 is 1.16 bits per heavy atom. The number of hydrogen-bond acceptors (Lipinski definition) is 6. The highest BCUT2D eigenvalue weighted by Gasteiger charge is 2.35. The van der Waals surface area contributed by atoms with Gasteiger partial charge >= 0.3 is 7.32 Å². The molecule has 0 bridgehead atoms. The molecule has 5 rings (SSSR count). The first-order valence-electron chi connectivity index (χ1n) is 10.8. The van der Waals surface area contributed by atoms with Crippen LogP contribution in [0.3, 0.4) is 0 Å². The first-order chi connectivity index (χ1) is 18.0. The van der Waals surface area contributed by atoms with Gasteiger partial charge in [0.25, 0.3) is 0 Å². The van der Waals surface area contributed by atoms with Crippen molar-refractivity contribution in [2.24, 2.45) is 0 Å². The average Bonchev–Trinajstić information content (AvgIpc) is 3.38. The van der Waals surface area contributed by atoms with Crippen molar-refractivity contribution in [3.63, 3.8) is 0 Å². The number of halogens is 4. The minimum Gasteiger partial charge on any atom is -0.473 e. The third kappa shape index (κ3) is 5.37. The van der Waals surface area contributed by atoms with Gasteiger partial charge in [-0.15, -0.1) is 9.94 Å². The maximum absolute atomic E-state index is 14.5. The minimum absolute atomic E-state index is 0.0225. The van der Waals surface area contributed by atoms with Crippen molar-refractivity contribution >= 4 is 7.32 Å². The average molecular weight is 506 g/mol. The molecule has 0 aliphatic rings. The van der Waals surface area contributed by atoms with Gasteiger partial charge in [-0.1, -0.05) is 0 Å². The summed E-state index contributed by atoms with van der Waals surface area (Å²) < 4.78 is 73.3. The molecule has 37 heavy (non-hydrogen) atoms. The Labute approximate surface area is 208 Å². The van der Waals surface area contributed by atoms with Crippen LogP contribution >= 0.6 is 0 Å². The van der Waals surface area contributed by atoms with Crippen molar-refractivity contribution in [1.82, 2.24) is 19.9 Å². The van der Waals surface area contributed by atoms with Gasteiger partial charge in [0.15, 0.2) is 0 Å². The molecule has 0 radical (unpaired) electrons. The number of nitrogens with zero attached hydrogens (tertiary/aromatic N) is 4. The molecule has 3 heterocycles. The van der Waals surface area contributed by atoms with Gasteiger partial charge in [0.1, 0.15) is 23.3 Å². The first-order valence-corrected chi connectivity index (χ1v) is 10.8. The second kappa shape index (κ2) is 10.4. The summed E-state index contributed by atoms with van der Waals surface area (Å²) in [6, 6.07) is 13.9. The Balaban J connectivity index is 1.51. The van der Waals surface area contributed by atoms with Crippen LogP contribution in [0.2, 0.25) is 0 Å². The molecule has 2 aromatic carbocycles. The van der Waals surface area contributed by atoms with E-state index in [9.17, 15) is 17.6 Å². The van der Waals surface area contributed by atoms with Crippen molar-refractivity contribution < 1.29 is 31.6 Å². The molecule has 0 unspecified atom stereocenters. The van der Waals surface area contributed by atoms with E-state index in [-0.39, 0.29) is 34.0 Å². The SMILES string of the molecule is Fc1ccc(-c2cccnc2OB(Oc2ncccc2-c2ccc(F)cc2F)On2cccn2)c(F)c1. The van der Waals surface area contributed by atoms with E-state index in [2.05, 4.69) is 15.1 Å². The first kappa shape index (κ1) is 23.9. The van der Waals surface area contributed by atoms with Crippen LogP contribution in [-0.4, -0.2) is 27.2 Å². The highest BCUT2D eigenvalue weighted by atomic mass is 19.1. The largest absolute Gasteiger partial charge is 0.888 e. The van der Waals surface area contributed by atoms with Gasteiger partial charge in [-0.25, -0.2) is 27.5 Å². The van der Waals surface area contributed by atoms with Crippen LogP contribution in [0.1, 0.15) is 0 Å². The van der Waals surface area contributed by atoms with E-state index in [1.165, 1.54) is 49.1 Å². The lowest BCUT2D eigenvalue weighted by molar-refractivity contribution is 0.150. The van der Waals surface area contributed by atoms with Crippen molar-refractivity contribution in [3.8, 4) is 34.0 Å². The summed E-state index contributed by atoms with van der Waals surface area (Å²) in [6.07, 6.45) is 5.69. The van der Waals surface area contributed by atoms with Gasteiger partial charge in [-0.05, 0) is 54.6 Å². The molecule has 0 saturated heterocycles. The zero-order valence-electron chi connectivity index (χ0n) is 18.8. The number of rotatable bonds is 8. The van der Waals surface area contributed by atoms with E-state index in [1.807, 2.05) is 0 Å². The Morgan fingerprint density at radius 1 is 0.622 bits per heavy atom. The molecule has 0 saturated carbocycles. The number of hydrogen-bond donors (Lipinski definition) is 0. The molecule has 3 aromatic heterocycles. The zero-order valence-corrected chi connectivity index (χ0v) is 18.8. The van der Waals surface area contributed by atoms with Crippen molar-refractivity contribution in [2.75, 3.05) is 0 Å². The van der Waals surface area contributed by atoms with E-state index in [4.69, 9.17) is 14.1 Å². The zero-order chi connectivity index (χ0) is 25.8. The normalized spacial score (nSPS) is 10.7. The van der Waals surface area contributed by atoms with Gasteiger partial charge in [-0.2, -0.15) is 0 Å². The molecule has 12 heteroatoms. The maximum Gasteiger partial charge on any atom is 0.888 e. The molecule has 0 spiro atoms. The standard InChI is InChI=1S/C25H15BF4N4O3/c27-16-6-8-18(22(29)14-16)20-4-1-10-31-24(20)35-26(37-34-13-3-12-33-34)36-25-21(5-2-11-32-25)19-9-7-17(28)15-23(19)30/h1-15H. The molecule has 0 N–H and O–H groups in total. The monoisotopic (exact) mass is 506 g/mol. The fraction of sp³-hybridized carbons (Fsp3) is 0. The van der Waals surface area contributed by atoms with Crippen molar-refractivity contribution in [2.45, 2.75) is 0 Å². The molecule has 0 aliphatic carbocycles. The van der Waals surface area contributed by atoms with Crippen LogP contribution in [-0.2, 0) is 0 Å². The molecule has 0 amide bonds. The molecule has 5 aromatic rings. The molecular weight excluding hydrogens is 491 g/mol. The highest BCUT2D eigenvalue weighted by Crippen LogP contribution is 2.33. The third-order valence-corrected chi connectivity index (χ3v) is 5.07. The lowest BCUT2D eigenvalue weighted by atomic mass is 10.1. The number of pyridine rings is 2. The van der Waals surface area contributed by atoms with Gasteiger partial charge in [-0.3, -0.25) is 0 Å². The fourth-order valence-electron chi connectivity index (χ4n) is 3.45. The van der Waals surface area contributed by atoms with E-state index >= 15 is 0 Å². The summed E-state index contributed by atoms with van der Waals surface area (Å²) in [6.45, 7) is 0. The summed E-state index contributed by atoms with van der Waals surface area (Å²) in [7, 11) is -1.62. The lowest BCUT2D eigenvalue weighted by Gasteiger charge is -2.18. The molecule has 184 valence electrons. The van der Waals surface area contributed by atoms with Crippen molar-refractivity contribution in [3.05, 3.63) is 115 Å². The van der Waals surface area contributed by atoms with Crippen LogP contribution < -0.4 is 14.1 Å². The number of benzene rings is 2. The van der Waals surface area contributed by atoms with Crippen molar-refractivity contribution in [1.29, 1.82) is 0 Å². The molecule has 0 aliphatic heterocycles. The van der Waals surface area contributed by atoms with Gasteiger partial charge < -0.3 is 14.1 Å². The smallest absolute Gasteiger partial charge is 0.473 e. The van der Waals surface area contributed by atoms with Crippen LogP contribution in [0.25, 0.3) is 22.3 Å². The Bertz CT molecular complexity index is 1440. The molecule has 7 nitrogen and oxygen atoms in total. The van der Waals surface area contributed by atoms with E-state index < -0.39 is 30.6 Å². The Morgan fingerprint density at radius 3 is 1.62 bits per heavy atom. The summed E-state index contributed by atoms with van der Waals surface area (Å²) in [4.78, 5) is 9.31. The van der Waals surface area contributed by atoms with Crippen LogP contribution in [0, 0.1) is 23.3 Å². The lowest BCUT2D eigenvalue weighted by Crippen LogP contribution is -2.42. The van der Waals surface area contributed by atoms with Crippen LogP contribution in [0.5, 0.6) is 11.8 Å². The van der Waals surface area contributed by atoms with Crippen LogP contribution in [0.15, 0.2) is 91.5 Å². The summed E-state index contributed by atoms with van der Waals surface area (Å²) in [5.41, 5.74) is 0.412. The predicted octanol–water partition coefficient (Wildman–Crippen LogP) is 5.14. The minimum atomic E-state index is -1.62. The van der Waals surface area contributed by atoms with Crippen LogP contribution in [0.4, 0.5) is 17.6 Å². The topological polar surface area (TPSA) is 71.3 Å². The second-order valence-electron chi connectivity index (χ2n) is 7.50. The Kier molecular flexibility index (Phi) is 6.71. The third-order valence-electron chi connectivity index (χ3n) is 5.07. The van der Waals surface area contributed by atoms with E-state index in [1.54, 1.807) is 18.2 Å². The van der Waals surface area contributed by atoms with E-state index in [0.717, 1.165) is 29.1 Å². The maximum atomic E-state index is 14.5. The summed E-state index contributed by atoms with van der Waals surface area (Å²) in [5.74, 6) is -3.38. The van der Waals surface area contributed by atoms with Gasteiger partial charge in [0.05, 0.1) is 12.4 Å².